The van der Waals surface area contributed by atoms with Crippen LogP contribution in [0.25, 0.3) is 0 Å². The van der Waals surface area contributed by atoms with Gasteiger partial charge < -0.3 is 15.2 Å². The van der Waals surface area contributed by atoms with Crippen LogP contribution in [0, 0.1) is 0 Å². The number of aliphatic hydroxyl groups is 1. The molecule has 0 saturated carbocycles. The molecule has 1 heterocycles. The molecule has 1 aromatic rings. The molecule has 2 rings (SSSR count). The Labute approximate surface area is 71.0 Å². The fourth-order valence-corrected chi connectivity index (χ4v) is 1.26. The average molecular weight is 165 g/mol. The minimum atomic E-state index is -0.111. The van der Waals surface area contributed by atoms with Crippen molar-refractivity contribution in [2.45, 2.75) is 6.10 Å². The molecule has 0 fully saturated rings. The third kappa shape index (κ3) is 1.23. The fourth-order valence-electron chi connectivity index (χ4n) is 1.26. The molecule has 1 atom stereocenters. The molecule has 1 unspecified atom stereocenters. The SMILES string of the molecule is OCC1CNc2ccccc2O1. The first kappa shape index (κ1) is 7.43. The maximum absolute atomic E-state index is 8.85. The van der Waals surface area contributed by atoms with Gasteiger partial charge in [-0.05, 0) is 12.1 Å². The van der Waals surface area contributed by atoms with Crippen LogP contribution in [-0.4, -0.2) is 24.4 Å². The lowest BCUT2D eigenvalue weighted by molar-refractivity contribution is 0.120. The summed E-state index contributed by atoms with van der Waals surface area (Å²) in [5.74, 6) is 0.822. The predicted molar refractivity (Wildman–Crippen MR) is 46.4 cm³/mol. The molecule has 0 aliphatic carbocycles. The van der Waals surface area contributed by atoms with Gasteiger partial charge in [0.05, 0.1) is 18.8 Å². The van der Waals surface area contributed by atoms with E-state index >= 15 is 0 Å². The molecule has 0 amide bonds. The van der Waals surface area contributed by atoms with Gasteiger partial charge in [0, 0.05) is 0 Å². The number of hydrogen-bond acceptors (Lipinski definition) is 3. The number of hydrogen-bond donors (Lipinski definition) is 2. The summed E-state index contributed by atoms with van der Waals surface area (Å²) in [5.41, 5.74) is 1.00. The zero-order valence-corrected chi connectivity index (χ0v) is 6.66. The summed E-state index contributed by atoms with van der Waals surface area (Å²) in [6.07, 6.45) is -0.111. The van der Waals surface area contributed by atoms with E-state index in [0.717, 1.165) is 11.4 Å². The first-order valence-electron chi connectivity index (χ1n) is 4.00. The van der Waals surface area contributed by atoms with E-state index in [2.05, 4.69) is 5.32 Å². The minimum absolute atomic E-state index is 0.0569. The molecular weight excluding hydrogens is 154 g/mol. The normalized spacial score (nSPS) is 20.6. The van der Waals surface area contributed by atoms with Crippen LogP contribution in [0.3, 0.4) is 0 Å². The van der Waals surface area contributed by atoms with Gasteiger partial charge in [-0.3, -0.25) is 0 Å². The molecule has 0 radical (unpaired) electrons. The second-order valence-corrected chi connectivity index (χ2v) is 2.80. The molecule has 64 valence electrons. The second kappa shape index (κ2) is 3.03. The van der Waals surface area contributed by atoms with Gasteiger partial charge in [0.15, 0.2) is 0 Å². The largest absolute Gasteiger partial charge is 0.484 e. The summed E-state index contributed by atoms with van der Waals surface area (Å²) in [6, 6.07) is 7.72. The third-order valence-corrected chi connectivity index (χ3v) is 1.90. The highest BCUT2D eigenvalue weighted by molar-refractivity contribution is 5.57. The van der Waals surface area contributed by atoms with Crippen LogP contribution in [0.4, 0.5) is 5.69 Å². The first-order valence-corrected chi connectivity index (χ1v) is 4.00. The lowest BCUT2D eigenvalue weighted by Crippen LogP contribution is -2.33. The van der Waals surface area contributed by atoms with Crippen LogP contribution in [0.2, 0.25) is 0 Å². The fraction of sp³-hybridized carbons (Fsp3) is 0.333. The van der Waals surface area contributed by atoms with E-state index in [-0.39, 0.29) is 12.7 Å². The minimum Gasteiger partial charge on any atom is -0.484 e. The second-order valence-electron chi connectivity index (χ2n) is 2.80. The van der Waals surface area contributed by atoms with Gasteiger partial charge in [-0.25, -0.2) is 0 Å². The van der Waals surface area contributed by atoms with E-state index < -0.39 is 0 Å². The predicted octanol–water partition coefficient (Wildman–Crippen LogP) is 0.852. The standard InChI is InChI=1S/C9H11NO2/c11-6-7-5-10-8-3-1-2-4-9(8)12-7/h1-4,7,10-11H,5-6H2. The van der Waals surface area contributed by atoms with Crippen molar-refractivity contribution in [3.05, 3.63) is 24.3 Å². The highest BCUT2D eigenvalue weighted by Crippen LogP contribution is 2.27. The Balaban J connectivity index is 2.23. The first-order chi connectivity index (χ1) is 5.90. The van der Waals surface area contributed by atoms with Crippen molar-refractivity contribution in [2.24, 2.45) is 0 Å². The lowest BCUT2D eigenvalue weighted by atomic mass is 10.2. The van der Waals surface area contributed by atoms with E-state index in [4.69, 9.17) is 9.84 Å². The number of nitrogens with one attached hydrogen (secondary N) is 1. The number of anilines is 1. The summed E-state index contributed by atoms with van der Waals surface area (Å²) >= 11 is 0. The molecule has 0 saturated heterocycles. The monoisotopic (exact) mass is 165 g/mol. The average Bonchev–Trinajstić information content (AvgIpc) is 2.17. The highest BCUT2D eigenvalue weighted by atomic mass is 16.5. The van der Waals surface area contributed by atoms with Gasteiger partial charge in [-0.2, -0.15) is 0 Å². The van der Waals surface area contributed by atoms with Crippen LogP contribution in [0.5, 0.6) is 5.75 Å². The van der Waals surface area contributed by atoms with Crippen LogP contribution < -0.4 is 10.1 Å². The maximum atomic E-state index is 8.85. The van der Waals surface area contributed by atoms with Gasteiger partial charge in [0.25, 0.3) is 0 Å². The molecule has 2 N–H and O–H groups in total. The number of ether oxygens (including phenoxy) is 1. The molecule has 1 aliphatic heterocycles. The number of rotatable bonds is 1. The van der Waals surface area contributed by atoms with Crippen molar-refractivity contribution in [3.8, 4) is 5.75 Å². The Morgan fingerprint density at radius 3 is 3.17 bits per heavy atom. The van der Waals surface area contributed by atoms with Crippen LogP contribution in [-0.2, 0) is 0 Å². The summed E-state index contributed by atoms with van der Waals surface area (Å²) < 4.78 is 5.47. The van der Waals surface area contributed by atoms with Gasteiger partial charge in [-0.15, -0.1) is 0 Å². The number of aliphatic hydroxyl groups excluding tert-OH is 1. The molecule has 1 aliphatic rings. The smallest absolute Gasteiger partial charge is 0.143 e. The summed E-state index contributed by atoms with van der Waals surface area (Å²) in [6.45, 7) is 0.731. The summed E-state index contributed by atoms with van der Waals surface area (Å²) in [5, 5.41) is 12.0. The molecule has 3 heteroatoms. The Morgan fingerprint density at radius 1 is 1.50 bits per heavy atom. The van der Waals surface area contributed by atoms with E-state index in [9.17, 15) is 0 Å². The van der Waals surface area contributed by atoms with Gasteiger partial charge in [-0.1, -0.05) is 12.1 Å². The van der Waals surface area contributed by atoms with E-state index in [1.165, 1.54) is 0 Å². The zero-order valence-electron chi connectivity index (χ0n) is 6.66. The van der Waals surface area contributed by atoms with Crippen molar-refractivity contribution in [1.29, 1.82) is 0 Å². The highest BCUT2D eigenvalue weighted by Gasteiger charge is 2.16. The van der Waals surface area contributed by atoms with E-state index in [1.54, 1.807) is 0 Å². The van der Waals surface area contributed by atoms with Crippen molar-refractivity contribution in [1.82, 2.24) is 0 Å². The molecule has 3 nitrogen and oxygen atoms in total. The summed E-state index contributed by atoms with van der Waals surface area (Å²) in [4.78, 5) is 0. The van der Waals surface area contributed by atoms with Crippen LogP contribution in [0.1, 0.15) is 0 Å². The number of benzene rings is 1. The molecule has 0 spiro atoms. The van der Waals surface area contributed by atoms with E-state index in [0.29, 0.717) is 6.54 Å². The molecule has 12 heavy (non-hydrogen) atoms. The Hall–Kier alpha value is -1.22. The zero-order chi connectivity index (χ0) is 8.39. The molecule has 1 aromatic carbocycles. The van der Waals surface area contributed by atoms with Crippen molar-refractivity contribution < 1.29 is 9.84 Å². The van der Waals surface area contributed by atoms with Gasteiger partial charge in [0.2, 0.25) is 0 Å². The van der Waals surface area contributed by atoms with Crippen molar-refractivity contribution in [3.63, 3.8) is 0 Å². The maximum Gasteiger partial charge on any atom is 0.143 e. The molecule has 0 bridgehead atoms. The van der Waals surface area contributed by atoms with Crippen LogP contribution >= 0.6 is 0 Å². The quantitative estimate of drug-likeness (QED) is 0.648. The number of fused-ring (bicyclic) bond motifs is 1. The van der Waals surface area contributed by atoms with Crippen molar-refractivity contribution >= 4 is 5.69 Å². The Bertz CT molecular complexity index is 275. The molecular formula is C9H11NO2. The molecule has 0 aromatic heterocycles. The third-order valence-electron chi connectivity index (χ3n) is 1.90. The topological polar surface area (TPSA) is 41.5 Å². The summed E-state index contributed by atoms with van der Waals surface area (Å²) in [7, 11) is 0. The Morgan fingerprint density at radius 2 is 2.33 bits per heavy atom. The number of para-hydroxylation sites is 2. The van der Waals surface area contributed by atoms with Gasteiger partial charge in [0.1, 0.15) is 11.9 Å². The van der Waals surface area contributed by atoms with E-state index in [1.807, 2.05) is 24.3 Å². The Kier molecular flexibility index (Phi) is 1.87. The lowest BCUT2D eigenvalue weighted by Gasteiger charge is -2.25. The van der Waals surface area contributed by atoms with Crippen molar-refractivity contribution in [2.75, 3.05) is 18.5 Å². The van der Waals surface area contributed by atoms with Crippen LogP contribution in [0.15, 0.2) is 24.3 Å². The van der Waals surface area contributed by atoms with Gasteiger partial charge >= 0.3 is 0 Å².